The van der Waals surface area contributed by atoms with Crippen molar-refractivity contribution in [3.8, 4) is 0 Å². The van der Waals surface area contributed by atoms with Gasteiger partial charge in [0.25, 0.3) is 0 Å². The van der Waals surface area contributed by atoms with Gasteiger partial charge in [-0.25, -0.2) is 9.18 Å². The van der Waals surface area contributed by atoms with Crippen molar-refractivity contribution >= 4 is 5.97 Å². The lowest BCUT2D eigenvalue weighted by atomic mass is 10.1. The Bertz CT molecular complexity index is 460. The van der Waals surface area contributed by atoms with Crippen LogP contribution in [0.5, 0.6) is 0 Å². The topological polar surface area (TPSA) is 49.3 Å². The number of hydrogen-bond acceptors (Lipinski definition) is 2. The molecule has 0 saturated carbocycles. The van der Waals surface area contributed by atoms with Crippen LogP contribution in [0.2, 0.25) is 0 Å². The van der Waals surface area contributed by atoms with Gasteiger partial charge in [-0.2, -0.15) is 13.2 Å². The van der Waals surface area contributed by atoms with E-state index >= 15 is 0 Å². The van der Waals surface area contributed by atoms with Gasteiger partial charge in [0, 0.05) is 18.2 Å². The number of carboxylic acid groups (broad SMARTS) is 1. The Labute approximate surface area is 107 Å². The third-order valence-electron chi connectivity index (χ3n) is 2.47. The number of halogens is 4. The summed E-state index contributed by atoms with van der Waals surface area (Å²) in [6, 6.07) is 2.30. The van der Waals surface area contributed by atoms with Crippen LogP contribution in [0, 0.1) is 5.82 Å². The first kappa shape index (κ1) is 15.4. The van der Waals surface area contributed by atoms with Crippen LogP contribution in [0.25, 0.3) is 0 Å². The van der Waals surface area contributed by atoms with Crippen molar-refractivity contribution < 1.29 is 27.5 Å². The van der Waals surface area contributed by atoms with E-state index in [1.807, 2.05) is 0 Å². The Balaban J connectivity index is 2.67. The molecule has 0 heterocycles. The Morgan fingerprint density at radius 3 is 2.58 bits per heavy atom. The summed E-state index contributed by atoms with van der Waals surface area (Å²) in [5.41, 5.74) is -0.0874. The largest absolute Gasteiger partial charge is 0.478 e. The molecule has 0 amide bonds. The maximum absolute atomic E-state index is 13.4. The Hall–Kier alpha value is -1.63. The van der Waals surface area contributed by atoms with Crippen LogP contribution >= 0.6 is 0 Å². The molecule has 0 aromatic heterocycles. The minimum absolute atomic E-state index is 0.0222. The Morgan fingerprint density at radius 1 is 1.42 bits per heavy atom. The van der Waals surface area contributed by atoms with Crippen molar-refractivity contribution in [3.05, 3.63) is 35.1 Å². The van der Waals surface area contributed by atoms with Crippen LogP contribution in [0.3, 0.4) is 0 Å². The zero-order valence-electron chi connectivity index (χ0n) is 10.1. The van der Waals surface area contributed by atoms with Gasteiger partial charge >= 0.3 is 12.1 Å². The van der Waals surface area contributed by atoms with Crippen molar-refractivity contribution in [1.29, 1.82) is 0 Å². The van der Waals surface area contributed by atoms with Crippen molar-refractivity contribution in [2.75, 3.05) is 0 Å². The second-order valence-corrected chi connectivity index (χ2v) is 4.21. The zero-order chi connectivity index (χ0) is 14.6. The second-order valence-electron chi connectivity index (χ2n) is 4.21. The summed E-state index contributed by atoms with van der Waals surface area (Å²) in [6.07, 6.45) is -5.33. The molecule has 0 aliphatic heterocycles. The number of hydrogen-bond donors (Lipinski definition) is 2. The highest BCUT2D eigenvalue weighted by Crippen LogP contribution is 2.21. The second kappa shape index (κ2) is 6.01. The normalized spacial score (nSPS) is 13.3. The van der Waals surface area contributed by atoms with E-state index in [9.17, 15) is 22.4 Å². The maximum atomic E-state index is 13.4. The third kappa shape index (κ3) is 5.25. The van der Waals surface area contributed by atoms with Crippen molar-refractivity contribution in [2.45, 2.75) is 32.1 Å². The average Bonchev–Trinajstić information content (AvgIpc) is 2.25. The summed E-state index contributed by atoms with van der Waals surface area (Å²) in [7, 11) is 0. The van der Waals surface area contributed by atoms with Crippen molar-refractivity contribution in [2.24, 2.45) is 0 Å². The lowest BCUT2D eigenvalue weighted by molar-refractivity contribution is -0.139. The van der Waals surface area contributed by atoms with Gasteiger partial charge in [0.1, 0.15) is 5.82 Å². The van der Waals surface area contributed by atoms with E-state index in [1.165, 1.54) is 6.92 Å². The van der Waals surface area contributed by atoms with E-state index in [0.717, 1.165) is 18.2 Å². The number of carbonyl (C=O) groups is 1. The fourth-order valence-corrected chi connectivity index (χ4v) is 1.55. The summed E-state index contributed by atoms with van der Waals surface area (Å²) in [4.78, 5) is 10.7. The van der Waals surface area contributed by atoms with Gasteiger partial charge in [0.2, 0.25) is 0 Å². The maximum Gasteiger partial charge on any atom is 0.390 e. The molecule has 0 spiro atoms. The summed E-state index contributed by atoms with van der Waals surface area (Å²) in [6.45, 7) is 1.16. The van der Waals surface area contributed by atoms with Gasteiger partial charge in [-0.3, -0.25) is 0 Å². The molecule has 2 N–H and O–H groups in total. The lowest BCUT2D eigenvalue weighted by Crippen LogP contribution is -2.31. The molecule has 106 valence electrons. The molecule has 0 aliphatic carbocycles. The number of rotatable bonds is 5. The van der Waals surface area contributed by atoms with Crippen molar-refractivity contribution in [1.82, 2.24) is 5.32 Å². The smallest absolute Gasteiger partial charge is 0.390 e. The molecule has 7 heteroatoms. The van der Waals surface area contributed by atoms with E-state index in [2.05, 4.69) is 5.32 Å². The molecule has 0 radical (unpaired) electrons. The average molecular weight is 279 g/mol. The SMILES string of the molecule is CC(CC(F)(F)F)NCc1cc(C(=O)O)ccc1F. The molecule has 0 fully saturated rings. The van der Waals surface area contributed by atoms with Gasteiger partial charge in [0.05, 0.1) is 12.0 Å². The first-order chi connectivity index (χ1) is 8.69. The Morgan fingerprint density at radius 2 is 2.05 bits per heavy atom. The third-order valence-corrected chi connectivity index (χ3v) is 2.47. The first-order valence-electron chi connectivity index (χ1n) is 5.51. The van der Waals surface area contributed by atoms with Crippen LogP contribution in [0.1, 0.15) is 29.3 Å². The fourth-order valence-electron chi connectivity index (χ4n) is 1.55. The van der Waals surface area contributed by atoms with E-state index in [-0.39, 0.29) is 17.7 Å². The van der Waals surface area contributed by atoms with Crippen LogP contribution in [-0.2, 0) is 6.54 Å². The number of aromatic carboxylic acids is 1. The van der Waals surface area contributed by atoms with E-state index < -0.39 is 30.4 Å². The van der Waals surface area contributed by atoms with E-state index in [1.54, 1.807) is 0 Å². The van der Waals surface area contributed by atoms with Crippen molar-refractivity contribution in [3.63, 3.8) is 0 Å². The number of nitrogens with one attached hydrogen (secondary N) is 1. The molecule has 1 rings (SSSR count). The molecular weight excluding hydrogens is 266 g/mol. The van der Waals surface area contributed by atoms with Gasteiger partial charge in [-0.1, -0.05) is 0 Å². The van der Waals surface area contributed by atoms with E-state index in [0.29, 0.717) is 0 Å². The summed E-state index contributed by atoms with van der Waals surface area (Å²) < 4.78 is 49.6. The van der Waals surface area contributed by atoms with Gasteiger partial charge in [-0.15, -0.1) is 0 Å². The van der Waals surface area contributed by atoms with Gasteiger partial charge in [-0.05, 0) is 25.1 Å². The van der Waals surface area contributed by atoms with E-state index in [4.69, 9.17) is 5.11 Å². The number of alkyl halides is 3. The fraction of sp³-hybridized carbons (Fsp3) is 0.417. The molecule has 0 saturated heterocycles. The summed E-state index contributed by atoms with van der Waals surface area (Å²) in [5, 5.41) is 11.2. The quantitative estimate of drug-likeness (QED) is 0.815. The van der Waals surface area contributed by atoms with Crippen LogP contribution in [-0.4, -0.2) is 23.3 Å². The zero-order valence-corrected chi connectivity index (χ0v) is 10.1. The molecule has 0 bridgehead atoms. The highest BCUT2D eigenvalue weighted by atomic mass is 19.4. The molecular formula is C12H13F4NO2. The van der Waals surface area contributed by atoms with Crippen LogP contribution in [0.4, 0.5) is 17.6 Å². The molecule has 19 heavy (non-hydrogen) atoms. The molecule has 1 aromatic carbocycles. The predicted octanol–water partition coefficient (Wildman–Crippen LogP) is 2.95. The number of carboxylic acids is 1. The van der Waals surface area contributed by atoms with Gasteiger partial charge < -0.3 is 10.4 Å². The Kier molecular flexibility index (Phi) is 4.88. The summed E-state index contributed by atoms with van der Waals surface area (Å²) in [5.74, 6) is -1.87. The molecule has 1 atom stereocenters. The standard InChI is InChI=1S/C12H13F4NO2/c1-7(5-12(14,15)16)17-6-9-4-8(11(18)19)2-3-10(9)13/h2-4,7,17H,5-6H2,1H3,(H,18,19). The molecule has 0 aliphatic rings. The lowest BCUT2D eigenvalue weighted by Gasteiger charge is -2.16. The molecule has 1 aromatic rings. The predicted molar refractivity (Wildman–Crippen MR) is 60.3 cm³/mol. The monoisotopic (exact) mass is 279 g/mol. The highest BCUT2D eigenvalue weighted by molar-refractivity contribution is 5.87. The minimum atomic E-state index is -4.30. The molecule has 1 unspecified atom stereocenters. The number of benzene rings is 1. The van der Waals surface area contributed by atoms with Crippen LogP contribution < -0.4 is 5.32 Å². The minimum Gasteiger partial charge on any atom is -0.478 e. The molecule has 3 nitrogen and oxygen atoms in total. The highest BCUT2D eigenvalue weighted by Gasteiger charge is 2.29. The first-order valence-corrected chi connectivity index (χ1v) is 5.51. The van der Waals surface area contributed by atoms with Crippen LogP contribution in [0.15, 0.2) is 18.2 Å². The van der Waals surface area contributed by atoms with Gasteiger partial charge in [0.15, 0.2) is 0 Å². The summed E-state index contributed by atoms with van der Waals surface area (Å²) >= 11 is 0.